The Morgan fingerprint density at radius 3 is 3.05 bits per heavy atom. The lowest BCUT2D eigenvalue weighted by Crippen LogP contribution is -2.28. The predicted molar refractivity (Wildman–Crippen MR) is 76.8 cm³/mol. The second-order valence-corrected chi connectivity index (χ2v) is 5.05. The van der Waals surface area contributed by atoms with Crippen LogP contribution in [0.5, 0.6) is 0 Å². The molecule has 21 heavy (non-hydrogen) atoms. The molecule has 0 unspecified atom stereocenters. The Bertz CT molecular complexity index is 704. The van der Waals surface area contributed by atoms with Gasteiger partial charge in [0.05, 0.1) is 0 Å². The van der Waals surface area contributed by atoms with Gasteiger partial charge in [0.2, 0.25) is 5.91 Å². The average Bonchev–Trinajstić information content (AvgIpc) is 3.21. The number of carbonyl (C=O) groups is 1. The van der Waals surface area contributed by atoms with Gasteiger partial charge in [0.1, 0.15) is 17.2 Å². The molecule has 3 rings (SSSR count). The second-order valence-electron chi connectivity index (χ2n) is 5.05. The summed E-state index contributed by atoms with van der Waals surface area (Å²) in [6, 6.07) is 4.38. The number of rotatable bonds is 5. The van der Waals surface area contributed by atoms with E-state index in [1.54, 1.807) is 6.07 Å². The largest absolute Gasteiger partial charge is 0.423 e. The maximum atomic E-state index is 13.1. The predicted octanol–water partition coefficient (Wildman–Crippen LogP) is 3.16. The van der Waals surface area contributed by atoms with E-state index < -0.39 is 0 Å². The second kappa shape index (κ2) is 5.55. The van der Waals surface area contributed by atoms with Crippen LogP contribution in [0.3, 0.4) is 0 Å². The molecule has 110 valence electrons. The average molecular weight is 289 g/mol. The SMILES string of the molecule is CC/C=C(\NC(=O)C1CC1)Nc1nc2ccc(F)cc2o1. The van der Waals surface area contributed by atoms with Crippen LogP contribution in [0.25, 0.3) is 11.1 Å². The number of nitrogens with one attached hydrogen (secondary N) is 2. The standard InChI is InChI=1S/C15H16FN3O2/c1-2-3-13(18-14(20)9-4-5-9)19-15-17-11-7-6-10(16)8-12(11)21-15/h3,6-9H,2,4-5H2,1H3,(H,17,19)(H,18,20)/b13-3+. The van der Waals surface area contributed by atoms with Crippen LogP contribution in [0.15, 0.2) is 34.5 Å². The van der Waals surface area contributed by atoms with E-state index in [4.69, 9.17) is 4.42 Å². The van der Waals surface area contributed by atoms with Gasteiger partial charge in [-0.3, -0.25) is 10.1 Å². The fourth-order valence-corrected chi connectivity index (χ4v) is 1.98. The van der Waals surface area contributed by atoms with Crippen molar-refractivity contribution in [3.63, 3.8) is 0 Å². The summed E-state index contributed by atoms with van der Waals surface area (Å²) in [5.74, 6) is 0.284. The van der Waals surface area contributed by atoms with Gasteiger partial charge >= 0.3 is 6.01 Å². The first kappa shape index (κ1) is 13.6. The number of halogens is 1. The van der Waals surface area contributed by atoms with E-state index in [-0.39, 0.29) is 23.7 Å². The van der Waals surface area contributed by atoms with Gasteiger partial charge in [0.25, 0.3) is 0 Å². The van der Waals surface area contributed by atoms with Crippen LogP contribution < -0.4 is 10.6 Å². The van der Waals surface area contributed by atoms with Crippen molar-refractivity contribution in [3.8, 4) is 0 Å². The van der Waals surface area contributed by atoms with Gasteiger partial charge in [-0.15, -0.1) is 0 Å². The number of oxazole rings is 1. The summed E-state index contributed by atoms with van der Waals surface area (Å²) in [5.41, 5.74) is 0.921. The maximum Gasteiger partial charge on any atom is 0.301 e. The van der Waals surface area contributed by atoms with Crippen LogP contribution in [0.2, 0.25) is 0 Å². The first-order valence-electron chi connectivity index (χ1n) is 7.00. The molecule has 1 heterocycles. The van der Waals surface area contributed by atoms with Crippen LogP contribution in [-0.4, -0.2) is 10.9 Å². The zero-order chi connectivity index (χ0) is 14.8. The maximum absolute atomic E-state index is 13.1. The van der Waals surface area contributed by atoms with E-state index in [9.17, 15) is 9.18 Å². The molecule has 1 saturated carbocycles. The number of aromatic nitrogens is 1. The molecule has 1 aliphatic carbocycles. The van der Waals surface area contributed by atoms with E-state index in [0.717, 1.165) is 19.3 Å². The van der Waals surface area contributed by atoms with Crippen LogP contribution in [-0.2, 0) is 4.79 Å². The molecule has 2 aromatic rings. The molecule has 1 fully saturated rings. The fourth-order valence-electron chi connectivity index (χ4n) is 1.98. The van der Waals surface area contributed by atoms with Crippen molar-refractivity contribution in [2.45, 2.75) is 26.2 Å². The van der Waals surface area contributed by atoms with Crippen molar-refractivity contribution in [3.05, 3.63) is 35.9 Å². The summed E-state index contributed by atoms with van der Waals surface area (Å²) < 4.78 is 18.5. The Morgan fingerprint density at radius 2 is 2.33 bits per heavy atom. The first-order chi connectivity index (χ1) is 10.2. The molecule has 6 heteroatoms. The highest BCUT2D eigenvalue weighted by molar-refractivity contribution is 5.83. The van der Waals surface area contributed by atoms with Crippen molar-refractivity contribution in [2.75, 3.05) is 5.32 Å². The molecular weight excluding hydrogens is 273 g/mol. The molecule has 0 bridgehead atoms. The van der Waals surface area contributed by atoms with E-state index in [2.05, 4.69) is 15.6 Å². The molecule has 1 aromatic heterocycles. The van der Waals surface area contributed by atoms with Gasteiger partial charge < -0.3 is 9.73 Å². The van der Waals surface area contributed by atoms with Crippen molar-refractivity contribution in [1.82, 2.24) is 10.3 Å². The number of amides is 1. The first-order valence-corrected chi connectivity index (χ1v) is 7.00. The summed E-state index contributed by atoms with van der Waals surface area (Å²) in [4.78, 5) is 16.0. The summed E-state index contributed by atoms with van der Waals surface area (Å²) in [7, 11) is 0. The van der Waals surface area contributed by atoms with E-state index in [1.165, 1.54) is 12.1 Å². The van der Waals surface area contributed by atoms with Gasteiger partial charge in [0, 0.05) is 12.0 Å². The summed E-state index contributed by atoms with van der Waals surface area (Å²) in [6.07, 6.45) is 4.47. The van der Waals surface area contributed by atoms with Gasteiger partial charge in [-0.25, -0.2) is 4.39 Å². The third kappa shape index (κ3) is 3.21. The summed E-state index contributed by atoms with van der Waals surface area (Å²) >= 11 is 0. The minimum Gasteiger partial charge on any atom is -0.423 e. The van der Waals surface area contributed by atoms with Crippen molar-refractivity contribution < 1.29 is 13.6 Å². The Balaban J connectivity index is 1.76. The zero-order valence-electron chi connectivity index (χ0n) is 11.6. The molecule has 2 N–H and O–H groups in total. The molecular formula is C15H16FN3O2. The summed E-state index contributed by atoms with van der Waals surface area (Å²) in [5, 5.41) is 5.75. The Morgan fingerprint density at radius 1 is 1.52 bits per heavy atom. The van der Waals surface area contributed by atoms with E-state index in [1.807, 2.05) is 13.0 Å². The number of carbonyl (C=O) groups excluding carboxylic acids is 1. The normalized spacial score (nSPS) is 15.2. The minimum absolute atomic E-state index is 0.00403. The molecule has 1 aliphatic rings. The van der Waals surface area contributed by atoms with E-state index in [0.29, 0.717) is 16.9 Å². The molecule has 0 saturated heterocycles. The molecule has 5 nitrogen and oxygen atoms in total. The van der Waals surface area contributed by atoms with Gasteiger partial charge in [-0.1, -0.05) is 6.92 Å². The number of anilines is 1. The molecule has 0 radical (unpaired) electrons. The topological polar surface area (TPSA) is 67.2 Å². The van der Waals surface area contributed by atoms with Gasteiger partial charge in [0.15, 0.2) is 5.58 Å². The monoisotopic (exact) mass is 289 g/mol. The van der Waals surface area contributed by atoms with Gasteiger partial charge in [-0.2, -0.15) is 4.98 Å². The quantitative estimate of drug-likeness (QED) is 0.887. The lowest BCUT2D eigenvalue weighted by atomic mass is 10.3. The highest BCUT2D eigenvalue weighted by Gasteiger charge is 2.30. The van der Waals surface area contributed by atoms with Crippen LogP contribution in [0, 0.1) is 11.7 Å². The molecule has 0 spiro atoms. The lowest BCUT2D eigenvalue weighted by Gasteiger charge is -2.09. The van der Waals surface area contributed by atoms with Crippen LogP contribution in [0.1, 0.15) is 26.2 Å². The minimum atomic E-state index is -0.378. The number of benzene rings is 1. The summed E-state index contributed by atoms with van der Waals surface area (Å²) in [6.45, 7) is 1.96. The van der Waals surface area contributed by atoms with Gasteiger partial charge in [-0.05, 0) is 37.5 Å². The third-order valence-corrected chi connectivity index (χ3v) is 3.21. The fraction of sp³-hybridized carbons (Fsp3) is 0.333. The highest BCUT2D eigenvalue weighted by atomic mass is 19.1. The molecule has 1 aromatic carbocycles. The van der Waals surface area contributed by atoms with Crippen molar-refractivity contribution in [2.24, 2.45) is 5.92 Å². The molecule has 0 atom stereocenters. The number of hydrogen-bond acceptors (Lipinski definition) is 4. The Kier molecular flexibility index (Phi) is 3.60. The zero-order valence-corrected chi connectivity index (χ0v) is 11.6. The van der Waals surface area contributed by atoms with Crippen molar-refractivity contribution >= 4 is 23.0 Å². The molecule has 0 aliphatic heterocycles. The number of fused-ring (bicyclic) bond motifs is 1. The van der Waals surface area contributed by atoms with Crippen molar-refractivity contribution in [1.29, 1.82) is 0 Å². The number of hydrogen-bond donors (Lipinski definition) is 2. The Labute approximate surface area is 121 Å². The third-order valence-electron chi connectivity index (χ3n) is 3.21. The number of nitrogens with zero attached hydrogens (tertiary/aromatic N) is 1. The van der Waals surface area contributed by atoms with Crippen LogP contribution >= 0.6 is 0 Å². The number of allylic oxidation sites excluding steroid dienone is 1. The lowest BCUT2D eigenvalue weighted by molar-refractivity contribution is -0.121. The molecule has 1 amide bonds. The van der Waals surface area contributed by atoms with Crippen LogP contribution in [0.4, 0.5) is 10.4 Å². The highest BCUT2D eigenvalue weighted by Crippen LogP contribution is 2.29. The Hall–Kier alpha value is -2.37. The smallest absolute Gasteiger partial charge is 0.301 e. The van der Waals surface area contributed by atoms with E-state index >= 15 is 0 Å².